The van der Waals surface area contributed by atoms with Gasteiger partial charge in [0.05, 0.1) is 0 Å². The van der Waals surface area contributed by atoms with Crippen molar-refractivity contribution in [1.82, 2.24) is 5.32 Å². The van der Waals surface area contributed by atoms with E-state index in [1.54, 1.807) is 12.1 Å². The van der Waals surface area contributed by atoms with Gasteiger partial charge in [0.25, 0.3) is 0 Å². The average Bonchev–Trinajstić information content (AvgIpc) is 2.93. The molecule has 2 aliphatic heterocycles. The van der Waals surface area contributed by atoms with Gasteiger partial charge in [0.15, 0.2) is 0 Å². The van der Waals surface area contributed by atoms with Crippen LogP contribution in [-0.2, 0) is 0 Å². The van der Waals surface area contributed by atoms with Crippen LogP contribution in [0.1, 0.15) is 25.7 Å². The molecule has 26 heavy (non-hydrogen) atoms. The molecule has 2 unspecified atom stereocenters. The second kappa shape index (κ2) is 6.83. The van der Waals surface area contributed by atoms with Gasteiger partial charge in [-0.05, 0) is 61.1 Å². The Balaban J connectivity index is 1.45. The van der Waals surface area contributed by atoms with Crippen LogP contribution in [0.5, 0.6) is 11.5 Å². The molecule has 2 fully saturated rings. The molecular weight excluding hydrogens is 343 g/mol. The van der Waals surface area contributed by atoms with E-state index in [1.807, 2.05) is 24.3 Å². The summed E-state index contributed by atoms with van der Waals surface area (Å²) in [5.74, 6) is 0.572. The smallest absolute Gasteiger partial charge is 0.490 e. The molecule has 4 rings (SSSR count). The van der Waals surface area contributed by atoms with E-state index in [-0.39, 0.29) is 11.9 Å². The minimum absolute atomic E-state index is 0.214. The summed E-state index contributed by atoms with van der Waals surface area (Å²) in [5, 5.41) is 3.59. The molecule has 0 spiro atoms. The van der Waals surface area contributed by atoms with E-state index < -0.39 is 6.36 Å². The Kier molecular flexibility index (Phi) is 4.53. The molecule has 2 heterocycles. The lowest BCUT2D eigenvalue weighted by molar-refractivity contribution is -0.274. The molecule has 2 aromatic rings. The zero-order valence-electron chi connectivity index (χ0n) is 14.1. The molecule has 2 aliphatic rings. The average molecular weight is 363 g/mol. The van der Waals surface area contributed by atoms with Gasteiger partial charge in [-0.15, -0.1) is 13.2 Å². The van der Waals surface area contributed by atoms with E-state index in [4.69, 9.17) is 4.74 Å². The van der Waals surface area contributed by atoms with Gasteiger partial charge in [-0.3, -0.25) is 0 Å². The minimum Gasteiger partial charge on any atom is -0.490 e. The van der Waals surface area contributed by atoms with Crippen molar-refractivity contribution in [2.24, 2.45) is 0 Å². The predicted molar refractivity (Wildman–Crippen MR) is 92.2 cm³/mol. The lowest BCUT2D eigenvalue weighted by Gasteiger charge is -2.29. The zero-order valence-corrected chi connectivity index (χ0v) is 14.1. The maximum atomic E-state index is 12.3. The molecule has 2 atom stereocenters. The zero-order chi connectivity index (χ0) is 18.1. The van der Waals surface area contributed by atoms with Crippen molar-refractivity contribution in [3.05, 3.63) is 48.5 Å². The fourth-order valence-corrected chi connectivity index (χ4v) is 3.89. The molecule has 2 aromatic carbocycles. The molecule has 138 valence electrons. The first kappa shape index (κ1) is 17.2. The first-order valence-electron chi connectivity index (χ1n) is 8.83. The summed E-state index contributed by atoms with van der Waals surface area (Å²) in [7, 11) is 0. The molecule has 2 saturated heterocycles. The number of halogens is 3. The van der Waals surface area contributed by atoms with Crippen molar-refractivity contribution < 1.29 is 22.6 Å². The van der Waals surface area contributed by atoms with Gasteiger partial charge in [-0.2, -0.15) is 0 Å². The van der Waals surface area contributed by atoms with Gasteiger partial charge in [0.2, 0.25) is 0 Å². The number of hydrogen-bond donors (Lipinski definition) is 1. The van der Waals surface area contributed by atoms with Gasteiger partial charge < -0.3 is 14.8 Å². The number of piperidine rings is 1. The SMILES string of the molecule is FC(F)(F)Oc1ccc(-c2cccc(OC3CC4CCC(C3)N4)c2)cc1. The molecule has 0 aromatic heterocycles. The van der Waals surface area contributed by atoms with E-state index in [2.05, 4.69) is 10.1 Å². The number of nitrogens with one attached hydrogen (secondary N) is 1. The molecule has 3 nitrogen and oxygen atoms in total. The molecule has 0 saturated carbocycles. The van der Waals surface area contributed by atoms with Crippen LogP contribution in [0.15, 0.2) is 48.5 Å². The molecule has 1 N–H and O–H groups in total. The molecule has 0 aliphatic carbocycles. The fourth-order valence-electron chi connectivity index (χ4n) is 3.89. The van der Waals surface area contributed by atoms with E-state index in [1.165, 1.54) is 25.0 Å². The van der Waals surface area contributed by atoms with Crippen LogP contribution in [0.3, 0.4) is 0 Å². The minimum atomic E-state index is -4.68. The number of rotatable bonds is 4. The van der Waals surface area contributed by atoms with E-state index >= 15 is 0 Å². The first-order chi connectivity index (χ1) is 12.4. The Morgan fingerprint density at radius 1 is 0.846 bits per heavy atom. The Bertz CT molecular complexity index is 748. The van der Waals surface area contributed by atoms with Crippen LogP contribution in [0.4, 0.5) is 13.2 Å². The molecule has 0 amide bonds. The summed E-state index contributed by atoms with van der Waals surface area (Å²) in [6.45, 7) is 0. The van der Waals surface area contributed by atoms with Crippen LogP contribution < -0.4 is 14.8 Å². The van der Waals surface area contributed by atoms with Gasteiger partial charge in [-0.25, -0.2) is 0 Å². The predicted octanol–water partition coefficient (Wildman–Crippen LogP) is 4.91. The van der Waals surface area contributed by atoms with Crippen LogP contribution in [0.25, 0.3) is 11.1 Å². The van der Waals surface area contributed by atoms with Gasteiger partial charge >= 0.3 is 6.36 Å². The maximum Gasteiger partial charge on any atom is 0.573 e. The quantitative estimate of drug-likeness (QED) is 0.837. The number of ether oxygens (including phenoxy) is 2. The largest absolute Gasteiger partial charge is 0.573 e. The Hall–Kier alpha value is -2.21. The highest BCUT2D eigenvalue weighted by atomic mass is 19.4. The lowest BCUT2D eigenvalue weighted by Crippen LogP contribution is -2.42. The standard InChI is InChI=1S/C20H20F3NO2/c21-20(22,23)26-17-8-4-13(5-9-17)14-2-1-3-18(10-14)25-19-11-15-6-7-16(12-19)24-15/h1-5,8-10,15-16,19,24H,6-7,11-12H2. The Morgan fingerprint density at radius 2 is 1.54 bits per heavy atom. The fraction of sp³-hybridized carbons (Fsp3) is 0.400. The maximum absolute atomic E-state index is 12.3. The van der Waals surface area contributed by atoms with Crippen LogP contribution in [0, 0.1) is 0 Å². The highest BCUT2D eigenvalue weighted by Gasteiger charge is 2.34. The van der Waals surface area contributed by atoms with Gasteiger partial charge in [0.1, 0.15) is 17.6 Å². The first-order valence-corrected chi connectivity index (χ1v) is 8.83. The second-order valence-corrected chi connectivity index (χ2v) is 6.95. The molecular formula is C20H20F3NO2. The number of alkyl halides is 3. The third kappa shape index (κ3) is 4.12. The van der Waals surface area contributed by atoms with E-state index in [9.17, 15) is 13.2 Å². The topological polar surface area (TPSA) is 30.5 Å². The lowest BCUT2D eigenvalue weighted by atomic mass is 10.0. The highest BCUT2D eigenvalue weighted by molar-refractivity contribution is 5.65. The summed E-state index contributed by atoms with van der Waals surface area (Å²) in [6.07, 6.45) is 0.0118. The third-order valence-electron chi connectivity index (χ3n) is 4.99. The van der Waals surface area contributed by atoms with Crippen molar-refractivity contribution in [2.45, 2.75) is 50.2 Å². The number of fused-ring (bicyclic) bond motifs is 2. The summed E-state index contributed by atoms with van der Waals surface area (Å²) in [4.78, 5) is 0. The van der Waals surface area contributed by atoms with Crippen LogP contribution in [0.2, 0.25) is 0 Å². The Morgan fingerprint density at radius 3 is 2.19 bits per heavy atom. The van der Waals surface area contributed by atoms with E-state index in [0.29, 0.717) is 12.1 Å². The summed E-state index contributed by atoms with van der Waals surface area (Å²) in [6, 6.07) is 14.7. The third-order valence-corrected chi connectivity index (χ3v) is 4.99. The molecule has 6 heteroatoms. The van der Waals surface area contributed by atoms with Gasteiger partial charge in [-0.1, -0.05) is 24.3 Å². The number of hydrogen-bond acceptors (Lipinski definition) is 3. The summed E-state index contributed by atoms with van der Waals surface area (Å²) >= 11 is 0. The van der Waals surface area contributed by atoms with Crippen LogP contribution >= 0.6 is 0 Å². The highest BCUT2D eigenvalue weighted by Crippen LogP contribution is 2.32. The summed E-state index contributed by atoms with van der Waals surface area (Å²) < 4.78 is 46.9. The van der Waals surface area contributed by atoms with Crippen LogP contribution in [-0.4, -0.2) is 24.6 Å². The van der Waals surface area contributed by atoms with Crippen molar-refractivity contribution in [1.29, 1.82) is 0 Å². The normalized spacial score (nSPS) is 25.1. The Labute approximate surface area is 150 Å². The number of benzene rings is 2. The van der Waals surface area contributed by atoms with Crippen molar-refractivity contribution >= 4 is 0 Å². The van der Waals surface area contributed by atoms with Crippen molar-refractivity contribution in [3.8, 4) is 22.6 Å². The molecule has 2 bridgehead atoms. The second-order valence-electron chi connectivity index (χ2n) is 6.95. The van der Waals surface area contributed by atoms with Crippen molar-refractivity contribution in [2.75, 3.05) is 0 Å². The van der Waals surface area contributed by atoms with E-state index in [0.717, 1.165) is 29.7 Å². The summed E-state index contributed by atoms with van der Waals surface area (Å²) in [5.41, 5.74) is 1.72. The van der Waals surface area contributed by atoms with Gasteiger partial charge in [0, 0.05) is 12.1 Å². The molecule has 0 radical (unpaired) electrons. The monoisotopic (exact) mass is 363 g/mol. The van der Waals surface area contributed by atoms with Crippen molar-refractivity contribution in [3.63, 3.8) is 0 Å².